The van der Waals surface area contributed by atoms with E-state index in [2.05, 4.69) is 26.2 Å². The number of nitrogens with two attached hydrogens (primary N) is 2. The number of aromatic nitrogens is 1. The predicted molar refractivity (Wildman–Crippen MR) is 67.9 cm³/mol. The largest absolute Gasteiger partial charge is 0.396 e. The second kappa shape index (κ2) is 6.32. The van der Waals surface area contributed by atoms with E-state index >= 15 is 0 Å². The Hall–Kier alpha value is -1.30. The van der Waals surface area contributed by atoms with Crippen molar-refractivity contribution in [2.75, 3.05) is 17.6 Å². The zero-order valence-electron chi connectivity index (χ0n) is 8.87. The van der Waals surface area contributed by atoms with Crippen molar-refractivity contribution in [3.05, 3.63) is 16.7 Å². The molecular weight excluding hydrogens is 272 g/mol. The molecule has 0 unspecified atom stereocenters. The first-order chi connectivity index (χ1) is 7.59. The van der Waals surface area contributed by atoms with Crippen LogP contribution in [0.25, 0.3) is 0 Å². The Labute approximate surface area is 103 Å². The molecule has 1 rings (SSSR count). The zero-order valence-corrected chi connectivity index (χ0v) is 10.5. The standard InChI is InChI=1S/C10H15BrN4O/c11-7-5-8(12)10(15-6-7)14-4-2-1-3-9(13)16/h5-6H,1-4,12H2,(H2,13,16)(H,14,15). The van der Waals surface area contributed by atoms with Crippen LogP contribution in [0.15, 0.2) is 16.7 Å². The van der Waals surface area contributed by atoms with Gasteiger partial charge in [-0.2, -0.15) is 0 Å². The third kappa shape index (κ3) is 4.48. The monoisotopic (exact) mass is 286 g/mol. The highest BCUT2D eigenvalue weighted by Gasteiger charge is 2.00. The molecule has 5 N–H and O–H groups in total. The van der Waals surface area contributed by atoms with Gasteiger partial charge in [0.1, 0.15) is 5.82 Å². The molecule has 1 amide bonds. The molecule has 0 fully saturated rings. The number of nitrogens with one attached hydrogen (secondary N) is 1. The van der Waals surface area contributed by atoms with Crippen LogP contribution in [0.1, 0.15) is 19.3 Å². The lowest BCUT2D eigenvalue weighted by molar-refractivity contribution is -0.118. The van der Waals surface area contributed by atoms with Crippen LogP contribution in [0.3, 0.4) is 0 Å². The third-order valence-corrected chi connectivity index (χ3v) is 2.46. The molecule has 16 heavy (non-hydrogen) atoms. The van der Waals surface area contributed by atoms with Gasteiger partial charge in [0.25, 0.3) is 0 Å². The van der Waals surface area contributed by atoms with E-state index in [1.54, 1.807) is 12.3 Å². The quantitative estimate of drug-likeness (QED) is 0.691. The van der Waals surface area contributed by atoms with Gasteiger partial charge in [-0.05, 0) is 34.8 Å². The van der Waals surface area contributed by atoms with Gasteiger partial charge < -0.3 is 16.8 Å². The molecule has 6 heteroatoms. The minimum absolute atomic E-state index is 0.263. The van der Waals surface area contributed by atoms with Crippen LogP contribution in [0.2, 0.25) is 0 Å². The molecule has 0 saturated carbocycles. The van der Waals surface area contributed by atoms with Crippen molar-refractivity contribution in [1.82, 2.24) is 4.98 Å². The molecular formula is C10H15BrN4O. The zero-order chi connectivity index (χ0) is 12.0. The van der Waals surface area contributed by atoms with Crippen LogP contribution in [0.4, 0.5) is 11.5 Å². The summed E-state index contributed by atoms with van der Waals surface area (Å²) in [5.41, 5.74) is 11.4. The van der Waals surface area contributed by atoms with Crippen molar-refractivity contribution < 1.29 is 4.79 Å². The van der Waals surface area contributed by atoms with Gasteiger partial charge in [0.15, 0.2) is 0 Å². The fourth-order valence-electron chi connectivity index (χ4n) is 1.23. The minimum atomic E-state index is -0.263. The van der Waals surface area contributed by atoms with Crippen molar-refractivity contribution >= 4 is 33.3 Å². The number of anilines is 2. The summed E-state index contributed by atoms with van der Waals surface area (Å²) in [5, 5.41) is 3.10. The summed E-state index contributed by atoms with van der Waals surface area (Å²) in [5.74, 6) is 0.406. The van der Waals surface area contributed by atoms with Crippen LogP contribution in [-0.4, -0.2) is 17.4 Å². The van der Waals surface area contributed by atoms with Gasteiger partial charge in [0.2, 0.25) is 5.91 Å². The van der Waals surface area contributed by atoms with Crippen LogP contribution in [0.5, 0.6) is 0 Å². The molecule has 0 aromatic carbocycles. The van der Waals surface area contributed by atoms with E-state index in [1.165, 1.54) is 0 Å². The summed E-state index contributed by atoms with van der Waals surface area (Å²) < 4.78 is 0.851. The fourth-order valence-corrected chi connectivity index (χ4v) is 1.58. The number of hydrogen-bond donors (Lipinski definition) is 3. The number of rotatable bonds is 6. The summed E-state index contributed by atoms with van der Waals surface area (Å²) in [6.07, 6.45) is 3.74. The molecule has 0 atom stereocenters. The summed E-state index contributed by atoms with van der Waals surface area (Å²) in [6, 6.07) is 1.79. The number of amides is 1. The molecule has 5 nitrogen and oxygen atoms in total. The molecule has 88 valence electrons. The summed E-state index contributed by atoms with van der Waals surface area (Å²) >= 11 is 3.28. The van der Waals surface area contributed by atoms with Gasteiger partial charge in [-0.15, -0.1) is 0 Å². The normalized spacial score (nSPS) is 10.1. The number of unbranched alkanes of at least 4 members (excludes halogenated alkanes) is 1. The van der Waals surface area contributed by atoms with E-state index in [-0.39, 0.29) is 5.91 Å². The predicted octanol–water partition coefficient (Wildman–Crippen LogP) is 1.49. The fraction of sp³-hybridized carbons (Fsp3) is 0.400. The Morgan fingerprint density at radius 1 is 1.50 bits per heavy atom. The highest BCUT2D eigenvalue weighted by atomic mass is 79.9. The second-order valence-electron chi connectivity index (χ2n) is 3.44. The SMILES string of the molecule is NC(=O)CCCCNc1ncc(Br)cc1N. The molecule has 0 saturated heterocycles. The number of nitrogens with zero attached hydrogens (tertiary/aromatic N) is 1. The lowest BCUT2D eigenvalue weighted by Crippen LogP contribution is -2.11. The van der Waals surface area contributed by atoms with Crippen molar-refractivity contribution in [3.8, 4) is 0 Å². The molecule has 0 aliphatic rings. The Kier molecular flexibility index (Phi) is 5.04. The van der Waals surface area contributed by atoms with Crippen LogP contribution in [0, 0.1) is 0 Å². The molecule has 1 aromatic heterocycles. The van der Waals surface area contributed by atoms with Crippen LogP contribution >= 0.6 is 15.9 Å². The first kappa shape index (κ1) is 12.8. The van der Waals surface area contributed by atoms with Gasteiger partial charge >= 0.3 is 0 Å². The first-order valence-corrected chi connectivity index (χ1v) is 5.82. The molecule has 0 radical (unpaired) electrons. The van der Waals surface area contributed by atoms with Crippen LogP contribution in [-0.2, 0) is 4.79 Å². The number of nitrogen functional groups attached to an aromatic ring is 1. The molecule has 0 spiro atoms. The lowest BCUT2D eigenvalue weighted by atomic mass is 10.2. The highest BCUT2D eigenvalue weighted by Crippen LogP contribution is 2.19. The van der Waals surface area contributed by atoms with Crippen molar-refractivity contribution in [3.63, 3.8) is 0 Å². The third-order valence-electron chi connectivity index (χ3n) is 2.03. The average Bonchev–Trinajstić information content (AvgIpc) is 2.20. The Balaban J connectivity index is 2.29. The maximum absolute atomic E-state index is 10.5. The number of carbonyl (C=O) groups excluding carboxylic acids is 1. The minimum Gasteiger partial charge on any atom is -0.396 e. The Morgan fingerprint density at radius 3 is 2.88 bits per heavy atom. The van der Waals surface area contributed by atoms with Gasteiger partial charge in [0, 0.05) is 23.6 Å². The molecule has 0 aliphatic carbocycles. The van der Waals surface area contributed by atoms with E-state index in [0.717, 1.165) is 23.9 Å². The van der Waals surface area contributed by atoms with Gasteiger partial charge in [-0.25, -0.2) is 4.98 Å². The number of primary amides is 1. The summed E-state index contributed by atoms with van der Waals surface area (Å²) in [4.78, 5) is 14.6. The topological polar surface area (TPSA) is 94.0 Å². The molecule has 1 heterocycles. The second-order valence-corrected chi connectivity index (χ2v) is 4.36. The Morgan fingerprint density at radius 2 is 2.25 bits per heavy atom. The number of pyridine rings is 1. The van der Waals surface area contributed by atoms with Crippen molar-refractivity contribution in [2.24, 2.45) is 5.73 Å². The molecule has 0 bridgehead atoms. The average molecular weight is 287 g/mol. The smallest absolute Gasteiger partial charge is 0.217 e. The van der Waals surface area contributed by atoms with Gasteiger partial charge in [0.05, 0.1) is 5.69 Å². The van der Waals surface area contributed by atoms with E-state index in [4.69, 9.17) is 11.5 Å². The first-order valence-electron chi connectivity index (χ1n) is 5.03. The lowest BCUT2D eigenvalue weighted by Gasteiger charge is -2.07. The van der Waals surface area contributed by atoms with Crippen molar-refractivity contribution in [1.29, 1.82) is 0 Å². The molecule has 0 aliphatic heterocycles. The van der Waals surface area contributed by atoms with Gasteiger partial charge in [-0.1, -0.05) is 0 Å². The van der Waals surface area contributed by atoms with E-state index in [1.807, 2.05) is 0 Å². The Bertz CT molecular complexity index is 370. The number of halogens is 1. The van der Waals surface area contributed by atoms with E-state index in [0.29, 0.717) is 17.9 Å². The highest BCUT2D eigenvalue weighted by molar-refractivity contribution is 9.10. The van der Waals surface area contributed by atoms with Crippen LogP contribution < -0.4 is 16.8 Å². The molecule has 1 aromatic rings. The maximum atomic E-state index is 10.5. The number of carbonyl (C=O) groups is 1. The summed E-state index contributed by atoms with van der Waals surface area (Å²) in [6.45, 7) is 0.728. The summed E-state index contributed by atoms with van der Waals surface area (Å²) in [7, 11) is 0. The van der Waals surface area contributed by atoms with Gasteiger partial charge in [-0.3, -0.25) is 4.79 Å². The van der Waals surface area contributed by atoms with E-state index in [9.17, 15) is 4.79 Å². The maximum Gasteiger partial charge on any atom is 0.217 e. The van der Waals surface area contributed by atoms with Crippen molar-refractivity contribution in [2.45, 2.75) is 19.3 Å². The van der Waals surface area contributed by atoms with E-state index < -0.39 is 0 Å². The number of hydrogen-bond acceptors (Lipinski definition) is 4.